The van der Waals surface area contributed by atoms with Gasteiger partial charge in [0.15, 0.2) is 5.69 Å². The van der Waals surface area contributed by atoms with Crippen molar-refractivity contribution in [2.24, 2.45) is 0 Å². The molecule has 9 nitrogen and oxygen atoms in total. The summed E-state index contributed by atoms with van der Waals surface area (Å²) in [6, 6.07) is 2.88. The molecule has 0 atom stereocenters. The van der Waals surface area contributed by atoms with E-state index in [0.29, 0.717) is 6.54 Å². The summed E-state index contributed by atoms with van der Waals surface area (Å²) in [5.74, 6) is -0.794. The highest BCUT2D eigenvalue weighted by Gasteiger charge is 2.16. The molecule has 0 aliphatic rings. The maximum absolute atomic E-state index is 11.7. The quantitative estimate of drug-likeness (QED) is 0.600. The lowest BCUT2D eigenvalue weighted by molar-refractivity contribution is -0.389. The van der Waals surface area contributed by atoms with Crippen LogP contribution in [0.3, 0.4) is 0 Å². The fraction of sp³-hybridized carbons (Fsp3) is 0.300. The van der Waals surface area contributed by atoms with Crippen LogP contribution in [0.4, 0.5) is 5.82 Å². The standard InChI is InChI=1S/C10H12N6O3/c1-2-15-7(3-4-12-15)6-11-10(17)8-5-9(14-13-8)16(18)19/h3-5H,2,6H2,1H3,(H,11,17)(H,13,14). The highest BCUT2D eigenvalue weighted by atomic mass is 16.6. The van der Waals surface area contributed by atoms with E-state index in [0.717, 1.165) is 11.8 Å². The molecule has 100 valence electrons. The smallest absolute Gasteiger partial charge is 0.343 e. The van der Waals surface area contributed by atoms with Crippen LogP contribution in [-0.2, 0) is 13.1 Å². The van der Waals surface area contributed by atoms with Gasteiger partial charge in [-0.15, -0.1) is 5.10 Å². The number of hydrogen-bond donors (Lipinski definition) is 2. The van der Waals surface area contributed by atoms with Crippen LogP contribution in [0, 0.1) is 10.1 Å². The summed E-state index contributed by atoms with van der Waals surface area (Å²) in [5, 5.41) is 22.9. The zero-order valence-corrected chi connectivity index (χ0v) is 10.2. The summed E-state index contributed by atoms with van der Waals surface area (Å²) >= 11 is 0. The van der Waals surface area contributed by atoms with Gasteiger partial charge in [-0.2, -0.15) is 5.10 Å². The van der Waals surface area contributed by atoms with Gasteiger partial charge in [0.05, 0.1) is 18.3 Å². The van der Waals surface area contributed by atoms with Crippen molar-refractivity contribution >= 4 is 11.7 Å². The van der Waals surface area contributed by atoms with Crippen molar-refractivity contribution in [2.45, 2.75) is 20.0 Å². The summed E-state index contributed by atoms with van der Waals surface area (Å²) < 4.78 is 1.74. The van der Waals surface area contributed by atoms with Crippen LogP contribution in [0.25, 0.3) is 0 Å². The second-order valence-corrected chi connectivity index (χ2v) is 3.72. The van der Waals surface area contributed by atoms with Crippen LogP contribution in [0.1, 0.15) is 23.1 Å². The van der Waals surface area contributed by atoms with Crippen molar-refractivity contribution in [2.75, 3.05) is 0 Å². The van der Waals surface area contributed by atoms with Crippen molar-refractivity contribution in [3.8, 4) is 0 Å². The average Bonchev–Trinajstić information content (AvgIpc) is 3.04. The predicted octanol–water partition coefficient (Wildman–Crippen LogP) is 0.464. The van der Waals surface area contributed by atoms with Crippen LogP contribution in [-0.4, -0.2) is 30.8 Å². The molecular formula is C10H12N6O3. The molecule has 0 aromatic carbocycles. The van der Waals surface area contributed by atoms with Gasteiger partial charge in [0, 0.05) is 12.7 Å². The fourth-order valence-electron chi connectivity index (χ4n) is 1.58. The lowest BCUT2D eigenvalue weighted by Crippen LogP contribution is -2.24. The van der Waals surface area contributed by atoms with Crippen LogP contribution in [0.15, 0.2) is 18.3 Å². The van der Waals surface area contributed by atoms with Crippen molar-refractivity contribution in [1.29, 1.82) is 0 Å². The van der Waals surface area contributed by atoms with Gasteiger partial charge in [-0.1, -0.05) is 5.10 Å². The number of aromatic nitrogens is 4. The van der Waals surface area contributed by atoms with Crippen molar-refractivity contribution in [1.82, 2.24) is 25.3 Å². The molecule has 0 aliphatic heterocycles. The number of nitrogens with one attached hydrogen (secondary N) is 2. The van der Waals surface area contributed by atoms with E-state index >= 15 is 0 Å². The molecule has 2 N–H and O–H groups in total. The lowest BCUT2D eigenvalue weighted by Gasteiger charge is -2.05. The second-order valence-electron chi connectivity index (χ2n) is 3.72. The molecule has 2 rings (SSSR count). The molecule has 0 fully saturated rings. The highest BCUT2D eigenvalue weighted by Crippen LogP contribution is 2.08. The summed E-state index contributed by atoms with van der Waals surface area (Å²) in [6.07, 6.45) is 1.64. The minimum Gasteiger partial charge on any atom is -0.358 e. The van der Waals surface area contributed by atoms with E-state index in [-0.39, 0.29) is 18.1 Å². The minimum absolute atomic E-state index is 0.0192. The van der Waals surface area contributed by atoms with Crippen LogP contribution < -0.4 is 5.32 Å². The molecule has 2 aromatic heterocycles. The predicted molar refractivity (Wildman–Crippen MR) is 64.3 cm³/mol. The van der Waals surface area contributed by atoms with Gasteiger partial charge in [-0.25, -0.2) is 0 Å². The Morgan fingerprint density at radius 3 is 3.05 bits per heavy atom. The molecule has 1 amide bonds. The van der Waals surface area contributed by atoms with Gasteiger partial charge >= 0.3 is 5.82 Å². The molecule has 2 heterocycles. The number of aromatic amines is 1. The van der Waals surface area contributed by atoms with Gasteiger partial charge in [-0.05, 0) is 17.9 Å². The first kappa shape index (κ1) is 12.7. The first-order valence-electron chi connectivity index (χ1n) is 5.60. The molecule has 0 saturated carbocycles. The topological polar surface area (TPSA) is 119 Å². The Bertz CT molecular complexity index is 602. The fourth-order valence-corrected chi connectivity index (χ4v) is 1.58. The van der Waals surface area contributed by atoms with Gasteiger partial charge in [0.25, 0.3) is 5.91 Å². The SMILES string of the molecule is CCn1nccc1CNC(=O)c1cc([N+](=O)[O-])[nH]n1. The Morgan fingerprint density at radius 1 is 1.63 bits per heavy atom. The maximum atomic E-state index is 11.7. The molecule has 0 saturated heterocycles. The van der Waals surface area contributed by atoms with E-state index < -0.39 is 10.8 Å². The number of amides is 1. The monoisotopic (exact) mass is 264 g/mol. The zero-order valence-electron chi connectivity index (χ0n) is 10.2. The summed E-state index contributed by atoms with van der Waals surface area (Å²) in [6.45, 7) is 2.93. The molecule has 0 unspecified atom stereocenters. The Labute approximate surface area is 107 Å². The first-order chi connectivity index (χ1) is 9.11. The first-order valence-corrected chi connectivity index (χ1v) is 5.60. The van der Waals surface area contributed by atoms with Gasteiger partial charge in [0.1, 0.15) is 0 Å². The van der Waals surface area contributed by atoms with Crippen molar-refractivity contribution in [3.05, 3.63) is 39.8 Å². The van der Waals surface area contributed by atoms with E-state index in [1.54, 1.807) is 16.9 Å². The van der Waals surface area contributed by atoms with Crippen LogP contribution >= 0.6 is 0 Å². The second kappa shape index (κ2) is 5.29. The van der Waals surface area contributed by atoms with Crippen molar-refractivity contribution < 1.29 is 9.72 Å². The summed E-state index contributed by atoms with van der Waals surface area (Å²) in [7, 11) is 0. The molecule has 0 aliphatic carbocycles. The van der Waals surface area contributed by atoms with E-state index in [2.05, 4.69) is 20.6 Å². The number of nitrogens with zero attached hydrogens (tertiary/aromatic N) is 4. The normalized spacial score (nSPS) is 10.4. The highest BCUT2D eigenvalue weighted by molar-refractivity contribution is 5.92. The number of aryl methyl sites for hydroxylation is 1. The Balaban J connectivity index is 1.99. The van der Waals surface area contributed by atoms with Crippen LogP contribution in [0.5, 0.6) is 0 Å². The number of rotatable bonds is 5. The molecule has 9 heteroatoms. The maximum Gasteiger partial charge on any atom is 0.343 e. The Hall–Kier alpha value is -2.71. The lowest BCUT2D eigenvalue weighted by atomic mass is 10.3. The number of H-pyrrole nitrogens is 1. The van der Waals surface area contributed by atoms with Crippen LogP contribution in [0.2, 0.25) is 0 Å². The van der Waals surface area contributed by atoms with E-state index in [9.17, 15) is 14.9 Å². The molecule has 0 radical (unpaired) electrons. The largest absolute Gasteiger partial charge is 0.358 e. The third-order valence-corrected chi connectivity index (χ3v) is 2.53. The zero-order chi connectivity index (χ0) is 13.8. The molecule has 19 heavy (non-hydrogen) atoms. The third-order valence-electron chi connectivity index (χ3n) is 2.53. The van der Waals surface area contributed by atoms with Gasteiger partial charge in [-0.3, -0.25) is 9.48 Å². The number of carbonyl (C=O) groups is 1. The summed E-state index contributed by atoms with van der Waals surface area (Å²) in [4.78, 5) is 21.5. The Morgan fingerprint density at radius 2 is 2.42 bits per heavy atom. The Kier molecular flexibility index (Phi) is 3.55. The molecule has 2 aromatic rings. The third kappa shape index (κ3) is 2.76. The molecule has 0 bridgehead atoms. The van der Waals surface area contributed by atoms with Gasteiger partial charge in [0.2, 0.25) is 0 Å². The van der Waals surface area contributed by atoms with E-state index in [1.807, 2.05) is 6.92 Å². The van der Waals surface area contributed by atoms with Gasteiger partial charge < -0.3 is 15.4 Å². The van der Waals surface area contributed by atoms with E-state index in [1.165, 1.54) is 0 Å². The van der Waals surface area contributed by atoms with Crippen molar-refractivity contribution in [3.63, 3.8) is 0 Å². The average molecular weight is 264 g/mol. The van der Waals surface area contributed by atoms with E-state index in [4.69, 9.17) is 0 Å². The molecule has 0 spiro atoms. The number of hydrogen-bond acceptors (Lipinski definition) is 5. The number of nitro groups is 1. The minimum atomic E-state index is -0.643. The molecular weight excluding hydrogens is 252 g/mol. The number of carbonyl (C=O) groups excluding carboxylic acids is 1. The summed E-state index contributed by atoms with van der Waals surface area (Å²) in [5.41, 5.74) is 0.829.